The summed E-state index contributed by atoms with van der Waals surface area (Å²) in [5.41, 5.74) is 6.43. The van der Waals surface area contributed by atoms with Crippen LogP contribution in [0.2, 0.25) is 0 Å². The second-order valence-corrected chi connectivity index (χ2v) is 5.86. The summed E-state index contributed by atoms with van der Waals surface area (Å²) in [5, 5.41) is 0.938. The second-order valence-electron chi connectivity index (χ2n) is 4.74. The molecule has 0 saturated heterocycles. The summed E-state index contributed by atoms with van der Waals surface area (Å²) in [7, 11) is 0. The quantitative estimate of drug-likeness (QED) is 0.752. The number of benzene rings is 1. The maximum Gasteiger partial charge on any atom is 0.139 e. The highest BCUT2D eigenvalue weighted by Crippen LogP contribution is 2.22. The zero-order valence-corrected chi connectivity index (χ0v) is 11.9. The lowest BCUT2D eigenvalue weighted by Gasteiger charge is -1.99. The summed E-state index contributed by atoms with van der Waals surface area (Å²) >= 11 is 1.62. The van der Waals surface area contributed by atoms with Gasteiger partial charge in [-0.15, -0.1) is 11.3 Å². The van der Waals surface area contributed by atoms with E-state index < -0.39 is 0 Å². The summed E-state index contributed by atoms with van der Waals surface area (Å²) < 4.78 is 1.16. The number of hydrogen-bond donors (Lipinski definition) is 1. The van der Waals surface area contributed by atoms with Crippen LogP contribution in [-0.2, 0) is 11.2 Å². The number of thiazole rings is 1. The van der Waals surface area contributed by atoms with E-state index in [9.17, 15) is 4.79 Å². The molecule has 0 unspecified atom stereocenters. The van der Waals surface area contributed by atoms with Crippen LogP contribution in [0, 0.1) is 0 Å². The van der Waals surface area contributed by atoms with E-state index in [0.717, 1.165) is 47.5 Å². The Morgan fingerprint density at radius 3 is 2.74 bits per heavy atom. The number of nitrogens with zero attached hydrogens (tertiary/aromatic N) is 1. The number of para-hydroxylation sites is 1. The van der Waals surface area contributed by atoms with E-state index in [2.05, 4.69) is 4.98 Å². The number of carbonyl (C=O) groups is 1. The van der Waals surface area contributed by atoms with E-state index >= 15 is 0 Å². The molecule has 0 saturated carbocycles. The van der Waals surface area contributed by atoms with Gasteiger partial charge >= 0.3 is 0 Å². The molecule has 0 radical (unpaired) electrons. The van der Waals surface area contributed by atoms with Crippen molar-refractivity contribution in [3.8, 4) is 0 Å². The largest absolute Gasteiger partial charge is 0.330 e. The van der Waals surface area contributed by atoms with Gasteiger partial charge in [-0.25, -0.2) is 4.98 Å². The number of Topliss-reactive ketones (excluding diaryl/α,β-unsaturated/α-hetero) is 1. The standard InChI is InChI=1S/C15H20N2OS/c16-10-6-2-1-3-7-12(18)11-15-17-13-8-4-5-9-14(13)19-15/h4-5,8-9H,1-3,6-7,10-11,16H2. The van der Waals surface area contributed by atoms with Gasteiger partial charge < -0.3 is 5.73 Å². The van der Waals surface area contributed by atoms with Crippen LogP contribution in [0.1, 0.15) is 37.1 Å². The minimum absolute atomic E-state index is 0.298. The normalized spacial score (nSPS) is 11.0. The smallest absolute Gasteiger partial charge is 0.139 e. The summed E-state index contributed by atoms with van der Waals surface area (Å²) in [6.45, 7) is 0.750. The molecule has 1 heterocycles. The molecular formula is C15H20N2OS. The number of ketones is 1. The number of hydrogen-bond acceptors (Lipinski definition) is 4. The van der Waals surface area contributed by atoms with Crippen molar-refractivity contribution in [1.29, 1.82) is 0 Å². The SMILES string of the molecule is NCCCCCCC(=O)Cc1nc2ccccc2s1. The van der Waals surface area contributed by atoms with Gasteiger partial charge in [0.2, 0.25) is 0 Å². The molecule has 1 aromatic carbocycles. The third kappa shape index (κ3) is 4.40. The fraction of sp³-hybridized carbons (Fsp3) is 0.467. The molecule has 0 aliphatic rings. The first kappa shape index (κ1) is 14.2. The van der Waals surface area contributed by atoms with Gasteiger partial charge in [0.25, 0.3) is 0 Å². The second kappa shape index (κ2) is 7.36. The first-order chi connectivity index (χ1) is 9.29. The highest BCUT2D eigenvalue weighted by atomic mass is 32.1. The topological polar surface area (TPSA) is 56.0 Å². The summed E-state index contributed by atoms with van der Waals surface area (Å²) in [5.74, 6) is 0.298. The van der Waals surface area contributed by atoms with Crippen molar-refractivity contribution in [1.82, 2.24) is 4.98 Å². The Morgan fingerprint density at radius 1 is 1.16 bits per heavy atom. The van der Waals surface area contributed by atoms with Crippen molar-refractivity contribution in [3.63, 3.8) is 0 Å². The first-order valence-electron chi connectivity index (χ1n) is 6.86. The molecular weight excluding hydrogens is 256 g/mol. The zero-order valence-electron chi connectivity index (χ0n) is 11.1. The van der Waals surface area contributed by atoms with Gasteiger partial charge in [-0.3, -0.25) is 4.79 Å². The van der Waals surface area contributed by atoms with Crippen LogP contribution in [0.15, 0.2) is 24.3 Å². The number of unbranched alkanes of at least 4 members (excludes halogenated alkanes) is 3. The first-order valence-corrected chi connectivity index (χ1v) is 7.67. The van der Waals surface area contributed by atoms with Crippen molar-refractivity contribution in [2.45, 2.75) is 38.5 Å². The van der Waals surface area contributed by atoms with Crippen LogP contribution in [0.4, 0.5) is 0 Å². The van der Waals surface area contributed by atoms with Crippen LogP contribution in [0.5, 0.6) is 0 Å². The molecule has 0 spiro atoms. The molecule has 4 heteroatoms. The van der Waals surface area contributed by atoms with Crippen molar-refractivity contribution < 1.29 is 4.79 Å². The van der Waals surface area contributed by atoms with Gasteiger partial charge in [0.1, 0.15) is 10.8 Å². The summed E-state index contributed by atoms with van der Waals surface area (Å²) in [6, 6.07) is 8.02. The van der Waals surface area contributed by atoms with Crippen LogP contribution in [0.3, 0.4) is 0 Å². The average Bonchev–Trinajstić information content (AvgIpc) is 2.80. The van der Waals surface area contributed by atoms with Gasteiger partial charge in [-0.05, 0) is 31.5 Å². The Labute approximate surface area is 117 Å². The van der Waals surface area contributed by atoms with Gasteiger partial charge in [-0.2, -0.15) is 0 Å². The Kier molecular flexibility index (Phi) is 5.48. The van der Waals surface area contributed by atoms with Gasteiger partial charge in [0.15, 0.2) is 0 Å². The lowest BCUT2D eigenvalue weighted by atomic mass is 10.1. The number of aromatic nitrogens is 1. The van der Waals surface area contributed by atoms with E-state index in [1.54, 1.807) is 11.3 Å². The fourth-order valence-electron chi connectivity index (χ4n) is 2.07. The third-order valence-electron chi connectivity index (χ3n) is 3.10. The number of rotatable bonds is 8. The van der Waals surface area contributed by atoms with E-state index in [0.29, 0.717) is 18.6 Å². The Hall–Kier alpha value is -1.26. The van der Waals surface area contributed by atoms with Crippen molar-refractivity contribution >= 4 is 27.3 Å². The van der Waals surface area contributed by atoms with Gasteiger partial charge in [0.05, 0.1) is 16.6 Å². The molecule has 0 bridgehead atoms. The van der Waals surface area contributed by atoms with Crippen molar-refractivity contribution in [3.05, 3.63) is 29.3 Å². The zero-order chi connectivity index (χ0) is 13.5. The van der Waals surface area contributed by atoms with Crippen molar-refractivity contribution in [2.24, 2.45) is 5.73 Å². The molecule has 0 atom stereocenters. The molecule has 0 amide bonds. The minimum atomic E-state index is 0.298. The predicted octanol–water partition coefficient (Wildman–Crippen LogP) is 3.32. The van der Waals surface area contributed by atoms with E-state index in [1.165, 1.54) is 0 Å². The Bertz CT molecular complexity index is 503. The number of nitrogens with two attached hydrogens (primary N) is 1. The molecule has 0 fully saturated rings. The Morgan fingerprint density at radius 2 is 1.95 bits per heavy atom. The van der Waals surface area contributed by atoms with Crippen molar-refractivity contribution in [2.75, 3.05) is 6.54 Å². The van der Waals surface area contributed by atoms with Crippen LogP contribution < -0.4 is 5.73 Å². The third-order valence-corrected chi connectivity index (χ3v) is 4.13. The molecule has 2 aromatic rings. The van der Waals surface area contributed by atoms with Gasteiger partial charge in [0, 0.05) is 6.42 Å². The highest BCUT2D eigenvalue weighted by molar-refractivity contribution is 7.18. The van der Waals surface area contributed by atoms with E-state index in [4.69, 9.17) is 5.73 Å². The molecule has 102 valence electrons. The fourth-order valence-corrected chi connectivity index (χ4v) is 3.07. The Balaban J connectivity index is 1.78. The summed E-state index contributed by atoms with van der Waals surface area (Å²) in [4.78, 5) is 16.4. The van der Waals surface area contributed by atoms with E-state index in [1.807, 2.05) is 24.3 Å². The highest BCUT2D eigenvalue weighted by Gasteiger charge is 2.08. The van der Waals surface area contributed by atoms with Crippen LogP contribution >= 0.6 is 11.3 Å². The maximum atomic E-state index is 11.9. The number of carbonyl (C=O) groups excluding carboxylic acids is 1. The summed E-state index contributed by atoms with van der Waals surface area (Å²) in [6.07, 6.45) is 5.42. The predicted molar refractivity (Wildman–Crippen MR) is 80.5 cm³/mol. The van der Waals surface area contributed by atoms with Gasteiger partial charge in [-0.1, -0.05) is 25.0 Å². The molecule has 0 aliphatic carbocycles. The molecule has 3 nitrogen and oxygen atoms in total. The molecule has 2 N–H and O–H groups in total. The monoisotopic (exact) mass is 276 g/mol. The number of fused-ring (bicyclic) bond motifs is 1. The molecule has 19 heavy (non-hydrogen) atoms. The van der Waals surface area contributed by atoms with Crippen LogP contribution in [0.25, 0.3) is 10.2 Å². The average molecular weight is 276 g/mol. The lowest BCUT2D eigenvalue weighted by Crippen LogP contribution is -2.02. The molecule has 0 aliphatic heterocycles. The van der Waals surface area contributed by atoms with Crippen LogP contribution in [-0.4, -0.2) is 17.3 Å². The molecule has 2 rings (SSSR count). The molecule has 1 aromatic heterocycles. The lowest BCUT2D eigenvalue weighted by molar-refractivity contribution is -0.118. The maximum absolute atomic E-state index is 11.9. The van der Waals surface area contributed by atoms with E-state index in [-0.39, 0.29) is 0 Å². The minimum Gasteiger partial charge on any atom is -0.330 e.